The monoisotopic (exact) mass is 476 g/mol. The molecule has 1 rings (SSSR count). The Labute approximate surface area is 184 Å². The van der Waals surface area contributed by atoms with Gasteiger partial charge in [-0.25, -0.2) is 35.1 Å². The molecule has 1 aliphatic carbocycles. The van der Waals surface area contributed by atoms with Gasteiger partial charge in [-0.05, 0) is 5.92 Å². The molecular formula is C24H17F9. The molecule has 9 heteroatoms. The molecule has 0 spiro atoms. The van der Waals surface area contributed by atoms with E-state index in [1.165, 1.54) is 5.92 Å². The van der Waals surface area contributed by atoms with Crippen LogP contribution in [-0.4, -0.2) is 6.17 Å². The Morgan fingerprint density at radius 1 is 0.970 bits per heavy atom. The van der Waals surface area contributed by atoms with Crippen LogP contribution in [-0.2, 0) is 0 Å². The van der Waals surface area contributed by atoms with Crippen LogP contribution >= 0.6 is 0 Å². The highest BCUT2D eigenvalue weighted by molar-refractivity contribution is 5.49. The molecule has 0 radical (unpaired) electrons. The summed E-state index contributed by atoms with van der Waals surface area (Å²) in [6, 6.07) is 0. The molecule has 0 aliphatic heterocycles. The number of alkyl halides is 1. The maximum Gasteiger partial charge on any atom is 0.183 e. The molecule has 0 fully saturated rings. The summed E-state index contributed by atoms with van der Waals surface area (Å²) in [5.41, 5.74) is -3.38. The first-order valence-corrected chi connectivity index (χ1v) is 9.01. The fourth-order valence-electron chi connectivity index (χ4n) is 3.07. The molecule has 0 aromatic heterocycles. The van der Waals surface area contributed by atoms with Crippen molar-refractivity contribution in [3.05, 3.63) is 108 Å². The van der Waals surface area contributed by atoms with E-state index in [0.29, 0.717) is 18.2 Å². The Morgan fingerprint density at radius 2 is 1.52 bits per heavy atom. The largest absolute Gasteiger partial charge is 0.239 e. The first-order valence-electron chi connectivity index (χ1n) is 9.01. The van der Waals surface area contributed by atoms with Gasteiger partial charge in [0.1, 0.15) is 29.1 Å². The third kappa shape index (κ3) is 5.51. The van der Waals surface area contributed by atoms with Gasteiger partial charge in [-0.15, -0.1) is 6.42 Å². The van der Waals surface area contributed by atoms with Gasteiger partial charge < -0.3 is 0 Å². The van der Waals surface area contributed by atoms with Gasteiger partial charge in [0.15, 0.2) is 23.7 Å². The number of hydrogen-bond donors (Lipinski definition) is 0. The Bertz CT molecular complexity index is 1070. The van der Waals surface area contributed by atoms with Crippen molar-refractivity contribution < 1.29 is 39.5 Å². The van der Waals surface area contributed by atoms with Crippen molar-refractivity contribution in [2.75, 3.05) is 0 Å². The zero-order chi connectivity index (χ0) is 25.6. The van der Waals surface area contributed by atoms with Crippen LogP contribution in [0.2, 0.25) is 0 Å². The van der Waals surface area contributed by atoms with Gasteiger partial charge in [-0.3, -0.25) is 0 Å². The van der Waals surface area contributed by atoms with Crippen molar-refractivity contribution in [3.63, 3.8) is 0 Å². The molecule has 0 saturated carbocycles. The van der Waals surface area contributed by atoms with E-state index in [-0.39, 0.29) is 0 Å². The maximum atomic E-state index is 15.1. The molecule has 0 aromatic carbocycles. The molecule has 0 heterocycles. The highest BCUT2D eigenvalue weighted by atomic mass is 19.2. The van der Waals surface area contributed by atoms with Crippen LogP contribution in [0.3, 0.4) is 0 Å². The molecule has 1 aliphatic rings. The van der Waals surface area contributed by atoms with Crippen molar-refractivity contribution in [3.8, 4) is 12.3 Å². The normalized spacial score (nSPS) is 20.3. The van der Waals surface area contributed by atoms with Gasteiger partial charge in [0.2, 0.25) is 0 Å². The van der Waals surface area contributed by atoms with Crippen LogP contribution in [0.5, 0.6) is 0 Å². The average molecular weight is 476 g/mol. The van der Waals surface area contributed by atoms with Crippen LogP contribution in [0.15, 0.2) is 108 Å². The van der Waals surface area contributed by atoms with E-state index in [1.807, 2.05) is 0 Å². The lowest BCUT2D eigenvalue weighted by molar-refractivity contribution is 0.167. The first kappa shape index (κ1) is 27.6. The maximum absolute atomic E-state index is 15.1. The van der Waals surface area contributed by atoms with Gasteiger partial charge >= 0.3 is 0 Å². The third-order valence-electron chi connectivity index (χ3n) is 4.71. The van der Waals surface area contributed by atoms with Crippen molar-refractivity contribution in [2.45, 2.75) is 12.6 Å². The molecule has 176 valence electrons. The van der Waals surface area contributed by atoms with E-state index in [4.69, 9.17) is 6.42 Å². The minimum atomic E-state index is -3.21. The molecule has 0 bridgehead atoms. The van der Waals surface area contributed by atoms with Crippen LogP contribution in [0, 0.1) is 24.2 Å². The van der Waals surface area contributed by atoms with Crippen molar-refractivity contribution in [2.24, 2.45) is 11.8 Å². The number of hydrogen-bond acceptors (Lipinski definition) is 0. The van der Waals surface area contributed by atoms with E-state index in [0.717, 1.165) is 0 Å². The SMILES string of the molecule is C#C/C(F)=C(C=C)\C(F)=C(\F)CC(C1C(F)=C(F)C(C=C)=C1F)C(F)/C(F)=C(/C=C)C(=C)F. The Morgan fingerprint density at radius 3 is 1.91 bits per heavy atom. The van der Waals surface area contributed by atoms with E-state index >= 15 is 4.39 Å². The number of terminal acetylenes is 1. The molecular weight excluding hydrogens is 459 g/mol. The molecule has 0 aromatic rings. The van der Waals surface area contributed by atoms with Crippen molar-refractivity contribution in [1.82, 2.24) is 0 Å². The summed E-state index contributed by atoms with van der Waals surface area (Å²) in [5.74, 6) is -18.4. The standard InChI is InChI=1S/C24H17F9/c1-6-12(11(5)25)21(30)23(32)15(18-20(29)14(8-3)22(31)24(18)33)10-17(27)19(28)13(7-2)16(26)9-4/h4,6-8,15,18,23H,1-3,5,10H2/b16-13+,19-17-,21-12+. The minimum Gasteiger partial charge on any atom is -0.239 e. The summed E-state index contributed by atoms with van der Waals surface area (Å²) in [7, 11) is 0. The van der Waals surface area contributed by atoms with Crippen LogP contribution in [0.1, 0.15) is 6.42 Å². The summed E-state index contributed by atoms with van der Waals surface area (Å²) in [6.07, 6.45) is 1.42. The van der Waals surface area contributed by atoms with E-state index in [1.54, 1.807) is 0 Å². The second kappa shape index (κ2) is 11.5. The van der Waals surface area contributed by atoms with Crippen molar-refractivity contribution in [1.29, 1.82) is 0 Å². The molecule has 33 heavy (non-hydrogen) atoms. The highest BCUT2D eigenvalue weighted by Gasteiger charge is 2.45. The average Bonchev–Trinajstić information content (AvgIpc) is 2.99. The van der Waals surface area contributed by atoms with Gasteiger partial charge in [0.25, 0.3) is 0 Å². The summed E-state index contributed by atoms with van der Waals surface area (Å²) < 4.78 is 129. The second-order valence-corrected chi connectivity index (χ2v) is 6.54. The van der Waals surface area contributed by atoms with Crippen LogP contribution in [0.25, 0.3) is 0 Å². The second-order valence-electron chi connectivity index (χ2n) is 6.54. The zero-order valence-corrected chi connectivity index (χ0v) is 17.0. The van der Waals surface area contributed by atoms with E-state index in [9.17, 15) is 35.1 Å². The lowest BCUT2D eigenvalue weighted by Crippen LogP contribution is -2.27. The van der Waals surface area contributed by atoms with Gasteiger partial charge in [-0.1, -0.05) is 44.5 Å². The number of rotatable bonds is 10. The molecule has 0 N–H and O–H groups in total. The first-order chi connectivity index (χ1) is 15.4. The van der Waals surface area contributed by atoms with Crippen molar-refractivity contribution >= 4 is 0 Å². The predicted molar refractivity (Wildman–Crippen MR) is 109 cm³/mol. The predicted octanol–water partition coefficient (Wildman–Crippen LogP) is 8.61. The summed E-state index contributed by atoms with van der Waals surface area (Å²) >= 11 is 0. The molecule has 0 amide bonds. The Kier molecular flexibility index (Phi) is 9.59. The molecule has 3 unspecified atom stereocenters. The van der Waals surface area contributed by atoms with Gasteiger partial charge in [0, 0.05) is 23.5 Å². The third-order valence-corrected chi connectivity index (χ3v) is 4.71. The van der Waals surface area contributed by atoms with Crippen LogP contribution < -0.4 is 0 Å². The molecule has 0 nitrogen and oxygen atoms in total. The van der Waals surface area contributed by atoms with Crippen LogP contribution in [0.4, 0.5) is 39.5 Å². The Balaban J connectivity index is 3.78. The number of halogens is 9. The highest BCUT2D eigenvalue weighted by Crippen LogP contribution is 2.49. The fourth-order valence-corrected chi connectivity index (χ4v) is 3.07. The summed E-state index contributed by atoms with van der Waals surface area (Å²) in [6.45, 7) is 11.9. The minimum absolute atomic E-state index is 0.474. The lowest BCUT2D eigenvalue weighted by atomic mass is 9.83. The Hall–Kier alpha value is -3.41. The quantitative estimate of drug-likeness (QED) is 0.168. The lowest BCUT2D eigenvalue weighted by Gasteiger charge is -2.26. The topological polar surface area (TPSA) is 0 Å². The van der Waals surface area contributed by atoms with E-state index < -0.39 is 87.8 Å². The number of allylic oxidation sites excluding steroid dienone is 14. The van der Waals surface area contributed by atoms with Gasteiger partial charge in [0.05, 0.1) is 11.5 Å². The summed E-state index contributed by atoms with van der Waals surface area (Å²) in [5, 5.41) is 0. The smallest absolute Gasteiger partial charge is 0.183 e. The molecule has 0 saturated heterocycles. The van der Waals surface area contributed by atoms with E-state index in [2.05, 4.69) is 26.3 Å². The molecule has 3 atom stereocenters. The summed E-state index contributed by atoms with van der Waals surface area (Å²) in [4.78, 5) is 0. The zero-order valence-electron chi connectivity index (χ0n) is 17.0. The fraction of sp³-hybridized carbons (Fsp3) is 0.167. The van der Waals surface area contributed by atoms with Gasteiger partial charge in [-0.2, -0.15) is 4.39 Å².